The monoisotopic (exact) mass is 355 g/mol. The maximum atomic E-state index is 11.9. The molecule has 1 heterocycles. The maximum Gasteiger partial charge on any atom is 0.249 e. The van der Waals surface area contributed by atoms with Gasteiger partial charge >= 0.3 is 0 Å². The molecule has 3 N–H and O–H groups in total. The maximum absolute atomic E-state index is 11.9. The molecule has 0 spiro atoms. The van der Waals surface area contributed by atoms with E-state index in [1.165, 1.54) is 0 Å². The van der Waals surface area contributed by atoms with Gasteiger partial charge in [-0.05, 0) is 40.5 Å². The van der Waals surface area contributed by atoms with E-state index in [1.54, 1.807) is 17.0 Å². The largest absolute Gasteiger partial charge is 0.389 e. The number of rotatable bonds is 3. The minimum absolute atomic E-state index is 0.148. The van der Waals surface area contributed by atoms with Crippen molar-refractivity contribution in [3.05, 3.63) is 28.2 Å². The van der Waals surface area contributed by atoms with E-state index in [0.29, 0.717) is 11.4 Å². The van der Waals surface area contributed by atoms with Crippen LogP contribution in [0.3, 0.4) is 0 Å². The lowest BCUT2D eigenvalue weighted by atomic mass is 10.1. The van der Waals surface area contributed by atoms with Crippen molar-refractivity contribution in [3.8, 4) is 0 Å². The predicted molar refractivity (Wildman–Crippen MR) is 84.6 cm³/mol. The molecule has 0 bridgehead atoms. The van der Waals surface area contributed by atoms with E-state index in [4.69, 9.17) is 18.0 Å². The summed E-state index contributed by atoms with van der Waals surface area (Å²) in [7, 11) is 0. The molecule has 20 heavy (non-hydrogen) atoms. The standard InChI is InChI=1S/C13H14BrN3O2S/c1-2-9-13(19)16-11(18)6-17(9)10-4-3-7(12(15)20)5-8(10)14/h3-5,9H,2,6H2,1H3,(H2,15,20)(H,16,18,19). The van der Waals surface area contributed by atoms with E-state index in [-0.39, 0.29) is 24.4 Å². The van der Waals surface area contributed by atoms with Gasteiger partial charge in [-0.3, -0.25) is 14.9 Å². The van der Waals surface area contributed by atoms with Crippen LogP contribution in [-0.2, 0) is 9.59 Å². The van der Waals surface area contributed by atoms with Gasteiger partial charge in [-0.1, -0.05) is 19.1 Å². The van der Waals surface area contributed by atoms with Gasteiger partial charge in [-0.25, -0.2) is 0 Å². The Bertz CT molecular complexity index is 591. The highest BCUT2D eigenvalue weighted by Crippen LogP contribution is 2.30. The number of hydrogen-bond acceptors (Lipinski definition) is 4. The van der Waals surface area contributed by atoms with Gasteiger partial charge in [0.1, 0.15) is 11.0 Å². The number of imide groups is 1. The number of carbonyl (C=O) groups excluding carboxylic acids is 2. The summed E-state index contributed by atoms with van der Waals surface area (Å²) in [5.74, 6) is -0.570. The first-order valence-electron chi connectivity index (χ1n) is 6.13. The first-order valence-corrected chi connectivity index (χ1v) is 7.33. The Morgan fingerprint density at radius 1 is 1.55 bits per heavy atom. The molecule has 0 saturated carbocycles. The summed E-state index contributed by atoms with van der Waals surface area (Å²) in [6.45, 7) is 2.06. The first kappa shape index (κ1) is 14.9. The summed E-state index contributed by atoms with van der Waals surface area (Å²) < 4.78 is 0.753. The van der Waals surface area contributed by atoms with Gasteiger partial charge in [0.25, 0.3) is 0 Å². The highest BCUT2D eigenvalue weighted by atomic mass is 79.9. The van der Waals surface area contributed by atoms with Gasteiger partial charge in [0, 0.05) is 10.0 Å². The number of thiocarbonyl (C=S) groups is 1. The molecule has 7 heteroatoms. The summed E-state index contributed by atoms with van der Waals surface area (Å²) in [5.41, 5.74) is 7.10. The van der Waals surface area contributed by atoms with Crippen molar-refractivity contribution in [3.63, 3.8) is 0 Å². The molecule has 1 aliphatic heterocycles. The second-order valence-electron chi connectivity index (χ2n) is 4.49. The van der Waals surface area contributed by atoms with Gasteiger partial charge in [0.2, 0.25) is 11.8 Å². The minimum atomic E-state index is -0.361. The Hall–Kier alpha value is -1.47. The number of amides is 2. The number of carbonyl (C=O) groups is 2. The third kappa shape index (κ3) is 2.83. The van der Waals surface area contributed by atoms with Crippen molar-refractivity contribution in [1.29, 1.82) is 0 Å². The number of hydrogen-bond donors (Lipinski definition) is 2. The molecular weight excluding hydrogens is 342 g/mol. The minimum Gasteiger partial charge on any atom is -0.389 e. The fourth-order valence-electron chi connectivity index (χ4n) is 2.22. The number of nitrogens with one attached hydrogen (secondary N) is 1. The topological polar surface area (TPSA) is 75.4 Å². The van der Waals surface area contributed by atoms with Crippen molar-refractivity contribution >= 4 is 50.6 Å². The van der Waals surface area contributed by atoms with Crippen LogP contribution >= 0.6 is 28.1 Å². The SMILES string of the molecule is CCC1C(=O)NC(=O)CN1c1ccc(C(N)=S)cc1Br. The molecule has 1 aliphatic rings. The normalized spacial score (nSPS) is 18.9. The van der Waals surface area contributed by atoms with Crippen molar-refractivity contribution in [2.45, 2.75) is 19.4 Å². The van der Waals surface area contributed by atoms with Crippen LogP contribution in [0.4, 0.5) is 5.69 Å². The summed E-state index contributed by atoms with van der Waals surface area (Å²) in [5, 5.41) is 2.35. The number of halogens is 1. The smallest absolute Gasteiger partial charge is 0.249 e. The van der Waals surface area contributed by atoms with Crippen molar-refractivity contribution in [2.75, 3.05) is 11.4 Å². The van der Waals surface area contributed by atoms with Crippen LogP contribution in [0.15, 0.2) is 22.7 Å². The number of nitrogens with zero attached hydrogens (tertiary/aromatic N) is 1. The summed E-state index contributed by atoms with van der Waals surface area (Å²) >= 11 is 8.38. The third-order valence-electron chi connectivity index (χ3n) is 3.18. The van der Waals surface area contributed by atoms with Crippen molar-refractivity contribution in [1.82, 2.24) is 5.32 Å². The quantitative estimate of drug-likeness (QED) is 0.631. The van der Waals surface area contributed by atoms with Crippen LogP contribution in [0.1, 0.15) is 18.9 Å². The zero-order valence-electron chi connectivity index (χ0n) is 10.9. The van der Waals surface area contributed by atoms with Crippen LogP contribution in [0.25, 0.3) is 0 Å². The highest BCUT2D eigenvalue weighted by Gasteiger charge is 2.33. The van der Waals surface area contributed by atoms with E-state index < -0.39 is 0 Å². The first-order chi connectivity index (χ1) is 9.43. The van der Waals surface area contributed by atoms with Crippen molar-refractivity contribution in [2.24, 2.45) is 5.73 Å². The zero-order chi connectivity index (χ0) is 14.9. The van der Waals surface area contributed by atoms with Gasteiger partial charge in [-0.15, -0.1) is 0 Å². The van der Waals surface area contributed by atoms with E-state index in [9.17, 15) is 9.59 Å². The molecule has 0 aliphatic carbocycles. The molecule has 0 radical (unpaired) electrons. The molecule has 2 amide bonds. The van der Waals surface area contributed by atoms with E-state index >= 15 is 0 Å². The van der Waals surface area contributed by atoms with E-state index in [1.807, 2.05) is 13.0 Å². The highest BCUT2D eigenvalue weighted by molar-refractivity contribution is 9.10. The van der Waals surface area contributed by atoms with Gasteiger partial charge in [0.15, 0.2) is 0 Å². The zero-order valence-corrected chi connectivity index (χ0v) is 13.3. The third-order valence-corrected chi connectivity index (χ3v) is 4.05. The van der Waals surface area contributed by atoms with Crippen molar-refractivity contribution < 1.29 is 9.59 Å². The lowest BCUT2D eigenvalue weighted by Crippen LogP contribution is -2.58. The Morgan fingerprint density at radius 2 is 2.25 bits per heavy atom. The van der Waals surface area contributed by atoms with Crippen LogP contribution in [0.2, 0.25) is 0 Å². The molecular formula is C13H14BrN3O2S. The number of nitrogens with two attached hydrogens (primary N) is 1. The van der Waals surface area contributed by atoms with Crippen LogP contribution < -0.4 is 16.0 Å². The summed E-state index contributed by atoms with van der Waals surface area (Å²) in [6, 6.07) is 5.03. The van der Waals surface area contributed by atoms with Crippen LogP contribution in [-0.4, -0.2) is 29.4 Å². The number of benzene rings is 1. The molecule has 2 rings (SSSR count). The molecule has 1 aromatic rings. The van der Waals surface area contributed by atoms with Gasteiger partial charge in [-0.2, -0.15) is 0 Å². The molecule has 106 valence electrons. The fourth-order valence-corrected chi connectivity index (χ4v) is 2.95. The van der Waals surface area contributed by atoms with Crippen LogP contribution in [0.5, 0.6) is 0 Å². The average Bonchev–Trinajstić information content (AvgIpc) is 2.37. The fraction of sp³-hybridized carbons (Fsp3) is 0.308. The summed E-state index contributed by atoms with van der Waals surface area (Å²) in [4.78, 5) is 25.5. The molecule has 1 aromatic carbocycles. The van der Waals surface area contributed by atoms with Crippen LogP contribution in [0, 0.1) is 0 Å². The number of anilines is 1. The Kier molecular flexibility index (Phi) is 4.39. The van der Waals surface area contributed by atoms with Gasteiger partial charge in [0.05, 0.1) is 12.2 Å². The molecule has 0 aromatic heterocycles. The summed E-state index contributed by atoms with van der Waals surface area (Å²) in [6.07, 6.45) is 0.614. The molecule has 1 fully saturated rings. The average molecular weight is 356 g/mol. The van der Waals surface area contributed by atoms with Gasteiger partial charge < -0.3 is 10.6 Å². The van der Waals surface area contributed by atoms with E-state index in [2.05, 4.69) is 21.2 Å². The predicted octanol–water partition coefficient (Wildman–Crippen LogP) is 1.32. The Labute approximate surface area is 130 Å². The Morgan fingerprint density at radius 3 is 2.80 bits per heavy atom. The lowest BCUT2D eigenvalue weighted by Gasteiger charge is -2.35. The Balaban J connectivity index is 2.40. The molecule has 5 nitrogen and oxygen atoms in total. The van der Waals surface area contributed by atoms with E-state index in [0.717, 1.165) is 15.7 Å². The molecule has 1 unspecified atom stereocenters. The second-order valence-corrected chi connectivity index (χ2v) is 5.79. The molecule has 1 atom stereocenters. The second kappa shape index (κ2) is 5.88. The number of piperazine rings is 1. The molecule has 1 saturated heterocycles. The lowest BCUT2D eigenvalue weighted by molar-refractivity contribution is -0.132.